The van der Waals surface area contributed by atoms with Gasteiger partial charge >= 0.3 is 5.97 Å². The lowest BCUT2D eigenvalue weighted by molar-refractivity contribution is 0.0392. The summed E-state index contributed by atoms with van der Waals surface area (Å²) in [5, 5.41) is 3.35. The van der Waals surface area contributed by atoms with Crippen LogP contribution in [0.4, 0.5) is 0 Å². The third kappa shape index (κ3) is 6.03. The van der Waals surface area contributed by atoms with E-state index in [4.69, 9.17) is 4.74 Å². The zero-order valence-electron chi connectivity index (χ0n) is 11.4. The van der Waals surface area contributed by atoms with Gasteiger partial charge < -0.3 is 10.1 Å². The van der Waals surface area contributed by atoms with Crippen LogP contribution in [0.15, 0.2) is 30.3 Å². The molecule has 3 nitrogen and oxygen atoms in total. The number of carbonyl (C=O) groups is 1. The highest BCUT2D eigenvalue weighted by Gasteiger charge is 2.21. The first-order valence-corrected chi connectivity index (χ1v) is 5.90. The number of nitrogens with one attached hydrogen (secondary N) is 1. The average Bonchev–Trinajstić information content (AvgIpc) is 2.25. The number of hydrogen-bond acceptors (Lipinski definition) is 3. The summed E-state index contributed by atoms with van der Waals surface area (Å²) in [5.41, 5.74) is 0.381. The van der Waals surface area contributed by atoms with Crippen molar-refractivity contribution in [3.63, 3.8) is 0 Å². The maximum Gasteiger partial charge on any atom is 0.338 e. The Morgan fingerprint density at radius 3 is 2.33 bits per heavy atom. The Morgan fingerprint density at radius 1 is 1.28 bits per heavy atom. The summed E-state index contributed by atoms with van der Waals surface area (Å²) in [6.45, 7) is 8.54. The standard InChI is InChI=1S/C14H21NO2.ClH/c1-11(2)15-14(3,4)10-17-13(16)12-8-6-5-7-9-12;/h5-9,11,15H,10H2,1-4H3;1H. The molecule has 0 heterocycles. The highest BCUT2D eigenvalue weighted by atomic mass is 35.5. The van der Waals surface area contributed by atoms with Crippen LogP contribution in [-0.4, -0.2) is 24.2 Å². The van der Waals surface area contributed by atoms with Crippen molar-refractivity contribution in [3.05, 3.63) is 35.9 Å². The van der Waals surface area contributed by atoms with Crippen LogP contribution in [0.2, 0.25) is 0 Å². The van der Waals surface area contributed by atoms with E-state index in [9.17, 15) is 4.79 Å². The van der Waals surface area contributed by atoms with Gasteiger partial charge in [-0.25, -0.2) is 4.79 Å². The largest absolute Gasteiger partial charge is 0.460 e. The lowest BCUT2D eigenvalue weighted by Crippen LogP contribution is -2.47. The molecule has 0 saturated carbocycles. The maximum absolute atomic E-state index is 11.7. The van der Waals surface area contributed by atoms with Gasteiger partial charge in [0.1, 0.15) is 6.61 Å². The van der Waals surface area contributed by atoms with Crippen molar-refractivity contribution in [2.75, 3.05) is 6.61 Å². The van der Waals surface area contributed by atoms with E-state index in [1.54, 1.807) is 12.1 Å². The van der Waals surface area contributed by atoms with Gasteiger partial charge in [0.05, 0.1) is 5.56 Å². The Kier molecular flexibility index (Phi) is 6.96. The topological polar surface area (TPSA) is 38.3 Å². The second-order valence-electron chi connectivity index (χ2n) is 5.13. The first-order chi connectivity index (χ1) is 7.91. The average molecular weight is 272 g/mol. The molecule has 0 unspecified atom stereocenters. The van der Waals surface area contributed by atoms with Crippen LogP contribution in [0, 0.1) is 0 Å². The monoisotopic (exact) mass is 271 g/mol. The van der Waals surface area contributed by atoms with Crippen LogP contribution in [0.5, 0.6) is 0 Å². The van der Waals surface area contributed by atoms with E-state index >= 15 is 0 Å². The van der Waals surface area contributed by atoms with Crippen molar-refractivity contribution < 1.29 is 9.53 Å². The minimum atomic E-state index is -0.274. The van der Waals surface area contributed by atoms with E-state index in [0.29, 0.717) is 18.2 Å². The number of carbonyl (C=O) groups excluding carboxylic acids is 1. The summed E-state index contributed by atoms with van der Waals surface area (Å²) in [7, 11) is 0. The number of ether oxygens (including phenoxy) is 1. The Labute approximate surface area is 115 Å². The number of halogens is 1. The molecular formula is C14H22ClNO2. The van der Waals surface area contributed by atoms with Crippen LogP contribution in [-0.2, 0) is 4.74 Å². The van der Waals surface area contributed by atoms with Crippen molar-refractivity contribution in [1.82, 2.24) is 5.32 Å². The van der Waals surface area contributed by atoms with Gasteiger partial charge in [0.2, 0.25) is 0 Å². The SMILES string of the molecule is CC(C)NC(C)(C)COC(=O)c1ccccc1.Cl. The smallest absolute Gasteiger partial charge is 0.338 e. The summed E-state index contributed by atoms with van der Waals surface area (Å²) >= 11 is 0. The minimum absolute atomic E-state index is 0. The fraction of sp³-hybridized carbons (Fsp3) is 0.500. The third-order valence-electron chi connectivity index (χ3n) is 2.25. The van der Waals surface area contributed by atoms with E-state index < -0.39 is 0 Å². The van der Waals surface area contributed by atoms with Crippen LogP contribution < -0.4 is 5.32 Å². The van der Waals surface area contributed by atoms with Crippen molar-refractivity contribution in [2.45, 2.75) is 39.3 Å². The number of benzene rings is 1. The maximum atomic E-state index is 11.7. The molecule has 102 valence electrons. The Hall–Kier alpha value is -1.06. The molecule has 0 aromatic heterocycles. The van der Waals surface area contributed by atoms with Gasteiger partial charge in [0, 0.05) is 11.6 Å². The van der Waals surface area contributed by atoms with Crippen LogP contribution in [0.3, 0.4) is 0 Å². The van der Waals surface area contributed by atoms with Crippen molar-refractivity contribution >= 4 is 18.4 Å². The number of rotatable bonds is 5. The molecule has 0 spiro atoms. The second kappa shape index (κ2) is 7.39. The van der Waals surface area contributed by atoms with Crippen LogP contribution in [0.25, 0.3) is 0 Å². The number of esters is 1. The van der Waals surface area contributed by atoms with Gasteiger partial charge in [0.15, 0.2) is 0 Å². The van der Waals surface area contributed by atoms with Gasteiger partial charge in [-0.3, -0.25) is 0 Å². The molecule has 4 heteroatoms. The summed E-state index contributed by atoms with van der Waals surface area (Å²) in [6, 6.07) is 9.40. The molecule has 1 aromatic carbocycles. The molecule has 0 amide bonds. The molecule has 0 fully saturated rings. The minimum Gasteiger partial charge on any atom is -0.460 e. The summed E-state index contributed by atoms with van der Waals surface area (Å²) in [5.74, 6) is -0.274. The van der Waals surface area contributed by atoms with Gasteiger partial charge in [-0.2, -0.15) is 0 Å². The Morgan fingerprint density at radius 2 is 1.83 bits per heavy atom. The molecule has 1 rings (SSSR count). The van der Waals surface area contributed by atoms with Gasteiger partial charge in [-0.15, -0.1) is 12.4 Å². The van der Waals surface area contributed by atoms with E-state index in [1.165, 1.54) is 0 Å². The molecular weight excluding hydrogens is 250 g/mol. The molecule has 0 atom stereocenters. The molecule has 0 aliphatic heterocycles. The lowest BCUT2D eigenvalue weighted by atomic mass is 10.1. The first-order valence-electron chi connectivity index (χ1n) is 5.90. The molecule has 1 aromatic rings. The highest BCUT2D eigenvalue weighted by molar-refractivity contribution is 5.89. The molecule has 0 aliphatic carbocycles. The molecule has 18 heavy (non-hydrogen) atoms. The quantitative estimate of drug-likeness (QED) is 0.837. The van der Waals surface area contributed by atoms with E-state index in [2.05, 4.69) is 19.2 Å². The highest BCUT2D eigenvalue weighted by Crippen LogP contribution is 2.07. The van der Waals surface area contributed by atoms with Gasteiger partial charge in [0.25, 0.3) is 0 Å². The molecule has 0 saturated heterocycles. The van der Waals surface area contributed by atoms with E-state index in [0.717, 1.165) is 0 Å². The van der Waals surface area contributed by atoms with E-state index in [1.807, 2.05) is 32.0 Å². The lowest BCUT2D eigenvalue weighted by Gasteiger charge is -2.28. The van der Waals surface area contributed by atoms with Gasteiger partial charge in [-0.05, 0) is 26.0 Å². The first kappa shape index (κ1) is 16.9. The zero-order valence-corrected chi connectivity index (χ0v) is 12.2. The zero-order chi connectivity index (χ0) is 12.9. The fourth-order valence-corrected chi connectivity index (χ4v) is 1.73. The second-order valence-corrected chi connectivity index (χ2v) is 5.13. The summed E-state index contributed by atoms with van der Waals surface area (Å²) < 4.78 is 5.29. The van der Waals surface area contributed by atoms with Crippen molar-refractivity contribution in [2.24, 2.45) is 0 Å². The summed E-state index contributed by atoms with van der Waals surface area (Å²) in [6.07, 6.45) is 0. The Bertz CT molecular complexity index is 363. The van der Waals surface area contributed by atoms with Crippen molar-refractivity contribution in [3.8, 4) is 0 Å². The summed E-state index contributed by atoms with van der Waals surface area (Å²) in [4.78, 5) is 11.7. The Balaban J connectivity index is 0.00000289. The van der Waals surface area contributed by atoms with E-state index in [-0.39, 0.29) is 23.9 Å². The molecule has 1 N–H and O–H groups in total. The van der Waals surface area contributed by atoms with Gasteiger partial charge in [-0.1, -0.05) is 32.0 Å². The predicted molar refractivity (Wildman–Crippen MR) is 76.3 cm³/mol. The molecule has 0 aliphatic rings. The molecule has 0 radical (unpaired) electrons. The van der Waals surface area contributed by atoms with Crippen molar-refractivity contribution in [1.29, 1.82) is 0 Å². The normalized spacial score (nSPS) is 10.9. The fourth-order valence-electron chi connectivity index (χ4n) is 1.73. The van der Waals surface area contributed by atoms with Crippen LogP contribution in [0.1, 0.15) is 38.1 Å². The molecule has 0 bridgehead atoms. The third-order valence-corrected chi connectivity index (χ3v) is 2.25. The van der Waals surface area contributed by atoms with Crippen LogP contribution >= 0.6 is 12.4 Å². The number of hydrogen-bond donors (Lipinski definition) is 1. The predicted octanol–water partition coefficient (Wildman–Crippen LogP) is 3.04.